The van der Waals surface area contributed by atoms with E-state index in [1.807, 2.05) is 18.2 Å². The summed E-state index contributed by atoms with van der Waals surface area (Å²) in [6.45, 7) is 3.37. The van der Waals surface area contributed by atoms with Crippen LogP contribution in [-0.4, -0.2) is 13.6 Å². The number of nitrogen functional groups attached to an aromatic ring is 1. The molecule has 2 N–H and O–H groups in total. The Hall–Kier alpha value is -0.890. The fourth-order valence-corrected chi connectivity index (χ4v) is 2.13. The molecule has 2 unspecified atom stereocenters. The minimum absolute atomic E-state index is 0.642. The molecule has 1 saturated carbocycles. The largest absolute Gasteiger partial charge is 0.396 e. The van der Waals surface area contributed by atoms with E-state index in [1.54, 1.807) is 0 Å². The highest BCUT2D eigenvalue weighted by Gasteiger charge is 2.33. The quantitative estimate of drug-likeness (QED) is 0.800. The zero-order valence-corrected chi connectivity index (χ0v) is 9.96. The summed E-state index contributed by atoms with van der Waals surface area (Å²) in [6, 6.07) is 5.79. The van der Waals surface area contributed by atoms with Crippen molar-refractivity contribution >= 4 is 23.0 Å². The lowest BCUT2D eigenvalue weighted by atomic mass is 10.2. The predicted molar refractivity (Wildman–Crippen MR) is 66.4 cm³/mol. The van der Waals surface area contributed by atoms with Crippen LogP contribution in [0.2, 0.25) is 5.02 Å². The van der Waals surface area contributed by atoms with Gasteiger partial charge in [0.15, 0.2) is 0 Å². The van der Waals surface area contributed by atoms with E-state index in [9.17, 15) is 0 Å². The van der Waals surface area contributed by atoms with Crippen LogP contribution < -0.4 is 10.6 Å². The van der Waals surface area contributed by atoms with Crippen LogP contribution in [-0.2, 0) is 0 Å². The Kier molecular flexibility index (Phi) is 2.79. The number of hydrogen-bond acceptors (Lipinski definition) is 2. The third-order valence-electron chi connectivity index (χ3n) is 3.23. The van der Waals surface area contributed by atoms with E-state index < -0.39 is 0 Å². The number of hydrogen-bond donors (Lipinski definition) is 1. The molecule has 3 heteroatoms. The van der Waals surface area contributed by atoms with Crippen LogP contribution in [0.5, 0.6) is 0 Å². The van der Waals surface area contributed by atoms with Gasteiger partial charge in [0.2, 0.25) is 0 Å². The average Bonchev–Trinajstić information content (AvgIpc) is 2.86. The average molecular weight is 225 g/mol. The van der Waals surface area contributed by atoms with Crippen LogP contribution in [0.1, 0.15) is 13.3 Å². The smallest absolute Gasteiger partial charge is 0.0741 e. The molecule has 0 aromatic heterocycles. The third kappa shape index (κ3) is 2.20. The Labute approximate surface area is 96.0 Å². The molecule has 0 aliphatic heterocycles. The van der Waals surface area contributed by atoms with E-state index in [0.29, 0.717) is 10.7 Å². The molecule has 1 fully saturated rings. The van der Waals surface area contributed by atoms with Crippen molar-refractivity contribution in [2.75, 3.05) is 24.2 Å². The monoisotopic (exact) mass is 224 g/mol. The van der Waals surface area contributed by atoms with Crippen molar-refractivity contribution in [3.8, 4) is 0 Å². The van der Waals surface area contributed by atoms with Gasteiger partial charge in [-0.3, -0.25) is 0 Å². The van der Waals surface area contributed by atoms with Crippen molar-refractivity contribution in [3.05, 3.63) is 23.2 Å². The molecule has 0 bridgehead atoms. The summed E-state index contributed by atoms with van der Waals surface area (Å²) in [4.78, 5) is 2.20. The van der Waals surface area contributed by atoms with Crippen LogP contribution in [0.4, 0.5) is 11.4 Å². The highest BCUT2D eigenvalue weighted by Crippen LogP contribution is 2.39. The van der Waals surface area contributed by atoms with Gasteiger partial charge >= 0.3 is 0 Å². The Balaban J connectivity index is 2.11. The van der Waals surface area contributed by atoms with Crippen LogP contribution in [0.15, 0.2) is 18.2 Å². The molecule has 15 heavy (non-hydrogen) atoms. The van der Waals surface area contributed by atoms with Crippen molar-refractivity contribution in [1.29, 1.82) is 0 Å². The first kappa shape index (κ1) is 10.6. The fourth-order valence-electron chi connectivity index (χ4n) is 1.96. The molecule has 2 rings (SSSR count). The van der Waals surface area contributed by atoms with Gasteiger partial charge < -0.3 is 10.6 Å². The first-order valence-corrected chi connectivity index (χ1v) is 5.72. The van der Waals surface area contributed by atoms with Crippen molar-refractivity contribution in [2.24, 2.45) is 11.8 Å². The lowest BCUT2D eigenvalue weighted by molar-refractivity contribution is 0.726. The van der Waals surface area contributed by atoms with E-state index in [4.69, 9.17) is 17.3 Å². The zero-order valence-electron chi connectivity index (χ0n) is 9.20. The summed E-state index contributed by atoms with van der Waals surface area (Å²) >= 11 is 5.99. The SMILES string of the molecule is CC1CC1CN(C)c1cccc(Cl)c1N. The van der Waals surface area contributed by atoms with Crippen molar-refractivity contribution in [3.63, 3.8) is 0 Å². The molecule has 1 aliphatic carbocycles. The Bertz CT molecular complexity index is 365. The predicted octanol–water partition coefficient (Wildman–Crippen LogP) is 3.01. The van der Waals surface area contributed by atoms with Crippen molar-refractivity contribution < 1.29 is 0 Å². The molecule has 1 aromatic rings. The maximum Gasteiger partial charge on any atom is 0.0741 e. The van der Waals surface area contributed by atoms with E-state index >= 15 is 0 Å². The first-order chi connectivity index (χ1) is 7.09. The number of halogens is 1. The number of nitrogens with zero attached hydrogens (tertiary/aromatic N) is 1. The lowest BCUT2D eigenvalue weighted by Crippen LogP contribution is -2.21. The number of rotatable bonds is 3. The maximum atomic E-state index is 5.99. The molecule has 0 saturated heterocycles. The van der Waals surface area contributed by atoms with Gasteiger partial charge in [0.25, 0.3) is 0 Å². The molecule has 2 atom stereocenters. The lowest BCUT2D eigenvalue weighted by Gasteiger charge is -2.21. The first-order valence-electron chi connectivity index (χ1n) is 5.34. The fraction of sp³-hybridized carbons (Fsp3) is 0.500. The van der Waals surface area contributed by atoms with Gasteiger partial charge in [-0.2, -0.15) is 0 Å². The summed E-state index contributed by atoms with van der Waals surface area (Å²) in [5.41, 5.74) is 7.67. The molecule has 1 aromatic carbocycles. The standard InChI is InChI=1S/C12H17ClN2/c1-8-6-9(8)7-15(2)11-5-3-4-10(13)12(11)14/h3-5,8-9H,6-7,14H2,1-2H3. The van der Waals surface area contributed by atoms with Crippen LogP contribution in [0, 0.1) is 11.8 Å². The van der Waals surface area contributed by atoms with Gasteiger partial charge in [-0.1, -0.05) is 24.6 Å². The normalized spacial score (nSPS) is 23.9. The van der Waals surface area contributed by atoms with E-state index in [1.165, 1.54) is 6.42 Å². The highest BCUT2D eigenvalue weighted by molar-refractivity contribution is 6.33. The molecule has 0 heterocycles. The molecular weight excluding hydrogens is 208 g/mol. The summed E-state index contributed by atoms with van der Waals surface area (Å²) < 4.78 is 0. The van der Waals surface area contributed by atoms with Crippen molar-refractivity contribution in [1.82, 2.24) is 0 Å². The summed E-state index contributed by atoms with van der Waals surface area (Å²) in [6.07, 6.45) is 1.34. The van der Waals surface area contributed by atoms with E-state index in [0.717, 1.165) is 24.1 Å². The van der Waals surface area contributed by atoms with Crippen LogP contribution in [0.25, 0.3) is 0 Å². The number of para-hydroxylation sites is 1. The van der Waals surface area contributed by atoms with Gasteiger partial charge in [0.1, 0.15) is 0 Å². The second-order valence-corrected chi connectivity index (χ2v) is 4.93. The van der Waals surface area contributed by atoms with Crippen LogP contribution >= 0.6 is 11.6 Å². The highest BCUT2D eigenvalue weighted by atomic mass is 35.5. The Morgan fingerprint density at radius 3 is 2.80 bits per heavy atom. The third-order valence-corrected chi connectivity index (χ3v) is 3.56. The minimum atomic E-state index is 0.642. The molecule has 0 amide bonds. The van der Waals surface area contributed by atoms with Crippen LogP contribution in [0.3, 0.4) is 0 Å². The molecule has 1 aliphatic rings. The number of anilines is 2. The number of nitrogens with two attached hydrogens (primary N) is 1. The Morgan fingerprint density at radius 1 is 1.53 bits per heavy atom. The van der Waals surface area contributed by atoms with Crippen molar-refractivity contribution in [2.45, 2.75) is 13.3 Å². The number of benzene rings is 1. The van der Waals surface area contributed by atoms with Gasteiger partial charge in [-0.05, 0) is 30.4 Å². The second kappa shape index (κ2) is 3.93. The minimum Gasteiger partial charge on any atom is -0.396 e. The summed E-state index contributed by atoms with van der Waals surface area (Å²) in [7, 11) is 2.08. The van der Waals surface area contributed by atoms with Gasteiger partial charge in [-0.25, -0.2) is 0 Å². The van der Waals surface area contributed by atoms with Gasteiger partial charge in [-0.15, -0.1) is 0 Å². The molecule has 82 valence electrons. The van der Waals surface area contributed by atoms with E-state index in [-0.39, 0.29) is 0 Å². The molecular formula is C12H17ClN2. The second-order valence-electron chi connectivity index (χ2n) is 4.53. The molecule has 2 nitrogen and oxygen atoms in total. The maximum absolute atomic E-state index is 5.99. The zero-order chi connectivity index (χ0) is 11.0. The molecule has 0 radical (unpaired) electrons. The van der Waals surface area contributed by atoms with Gasteiger partial charge in [0.05, 0.1) is 16.4 Å². The van der Waals surface area contributed by atoms with Gasteiger partial charge in [0, 0.05) is 13.6 Å². The summed E-state index contributed by atoms with van der Waals surface area (Å²) in [5.74, 6) is 1.70. The topological polar surface area (TPSA) is 29.3 Å². The summed E-state index contributed by atoms with van der Waals surface area (Å²) in [5, 5.41) is 0.642. The van der Waals surface area contributed by atoms with E-state index in [2.05, 4.69) is 18.9 Å². The Morgan fingerprint density at radius 2 is 2.20 bits per heavy atom. The molecule has 0 spiro atoms.